The van der Waals surface area contributed by atoms with Crippen LogP contribution in [0, 0.1) is 0 Å². The van der Waals surface area contributed by atoms with Crippen molar-refractivity contribution in [3.63, 3.8) is 0 Å². The molecule has 1 atom stereocenters. The molecule has 4 heteroatoms. The second-order valence-electron chi connectivity index (χ2n) is 4.26. The Bertz CT molecular complexity index is 333. The summed E-state index contributed by atoms with van der Waals surface area (Å²) in [7, 11) is 0. The molecule has 0 aromatic heterocycles. The van der Waals surface area contributed by atoms with Gasteiger partial charge in [0.25, 0.3) is 0 Å². The molecule has 1 rings (SSSR count). The summed E-state index contributed by atoms with van der Waals surface area (Å²) in [5.74, 6) is -1.14. The van der Waals surface area contributed by atoms with Crippen LogP contribution in [0.15, 0.2) is 11.1 Å². The van der Waals surface area contributed by atoms with Crippen molar-refractivity contribution in [3.05, 3.63) is 11.1 Å². The molecule has 0 aliphatic carbocycles. The summed E-state index contributed by atoms with van der Waals surface area (Å²) in [4.78, 5) is 24.7. The number of carbonyl (C=O) groups excluding carboxylic acids is 1. The number of aliphatic carboxylic acids is 1. The van der Waals surface area contributed by atoms with Crippen LogP contribution in [-0.4, -0.2) is 34.5 Å². The molecule has 0 bridgehead atoms. The van der Waals surface area contributed by atoms with Crippen LogP contribution in [0.3, 0.4) is 0 Å². The second-order valence-corrected chi connectivity index (χ2v) is 4.26. The van der Waals surface area contributed by atoms with Crippen LogP contribution in [0.5, 0.6) is 0 Å². The van der Waals surface area contributed by atoms with Crippen LogP contribution in [0.2, 0.25) is 0 Å². The van der Waals surface area contributed by atoms with Gasteiger partial charge in [0.15, 0.2) is 0 Å². The van der Waals surface area contributed by atoms with Gasteiger partial charge in [-0.05, 0) is 33.1 Å². The Morgan fingerprint density at radius 2 is 1.94 bits per heavy atom. The van der Waals surface area contributed by atoms with Crippen molar-refractivity contribution in [2.45, 2.75) is 46.1 Å². The van der Waals surface area contributed by atoms with E-state index in [1.807, 2.05) is 4.90 Å². The number of carbonyl (C=O) groups is 2. The summed E-state index contributed by atoms with van der Waals surface area (Å²) in [5, 5.41) is 8.84. The number of hydrogen-bond donors (Lipinski definition) is 1. The Balaban J connectivity index is 2.86. The van der Waals surface area contributed by atoms with E-state index in [1.54, 1.807) is 6.92 Å². The molecular formula is C12H19NO3. The Morgan fingerprint density at radius 3 is 2.44 bits per heavy atom. The van der Waals surface area contributed by atoms with Crippen LogP contribution in [0.4, 0.5) is 0 Å². The maximum Gasteiger partial charge on any atom is 0.331 e. The summed E-state index contributed by atoms with van der Waals surface area (Å²) >= 11 is 0. The fourth-order valence-corrected chi connectivity index (χ4v) is 2.06. The first-order valence-corrected chi connectivity index (χ1v) is 5.70. The van der Waals surface area contributed by atoms with Gasteiger partial charge in [0.1, 0.15) is 0 Å². The highest BCUT2D eigenvalue weighted by Gasteiger charge is 2.29. The van der Waals surface area contributed by atoms with Crippen LogP contribution in [0.1, 0.15) is 40.0 Å². The molecule has 1 N–H and O–H groups in total. The lowest BCUT2D eigenvalue weighted by atomic mass is 10.1. The van der Waals surface area contributed by atoms with Crippen molar-refractivity contribution >= 4 is 11.9 Å². The van der Waals surface area contributed by atoms with Crippen molar-refractivity contribution in [2.75, 3.05) is 6.54 Å². The third kappa shape index (κ3) is 2.43. The monoisotopic (exact) mass is 225 g/mol. The molecule has 0 spiro atoms. The van der Waals surface area contributed by atoms with Gasteiger partial charge in [-0.2, -0.15) is 0 Å². The average molecular weight is 225 g/mol. The van der Waals surface area contributed by atoms with Crippen LogP contribution in [0.25, 0.3) is 0 Å². The normalized spacial score (nSPS) is 21.9. The minimum absolute atomic E-state index is 0.121. The van der Waals surface area contributed by atoms with Gasteiger partial charge in [0.05, 0.1) is 0 Å². The third-order valence-corrected chi connectivity index (χ3v) is 3.31. The highest BCUT2D eigenvalue weighted by molar-refractivity contribution is 6.01. The summed E-state index contributed by atoms with van der Waals surface area (Å²) in [6, 6.07) is 0.282. The van der Waals surface area contributed by atoms with Crippen LogP contribution in [-0.2, 0) is 9.59 Å². The lowest BCUT2D eigenvalue weighted by Crippen LogP contribution is -2.36. The van der Waals surface area contributed by atoms with Crippen molar-refractivity contribution in [1.82, 2.24) is 4.90 Å². The number of hydrogen-bond acceptors (Lipinski definition) is 2. The minimum Gasteiger partial charge on any atom is -0.478 e. The van der Waals surface area contributed by atoms with Gasteiger partial charge in [-0.25, -0.2) is 4.79 Å². The minimum atomic E-state index is -1.02. The van der Waals surface area contributed by atoms with E-state index in [9.17, 15) is 9.59 Å². The molecule has 16 heavy (non-hydrogen) atoms. The van der Waals surface area contributed by atoms with E-state index in [-0.39, 0.29) is 17.5 Å². The predicted octanol–water partition coefficient (Wildman–Crippen LogP) is 1.81. The molecule has 0 aromatic carbocycles. The quantitative estimate of drug-likeness (QED) is 0.745. The third-order valence-electron chi connectivity index (χ3n) is 3.31. The molecular weight excluding hydrogens is 206 g/mol. The first-order valence-electron chi connectivity index (χ1n) is 5.70. The number of nitrogens with zero attached hydrogens (tertiary/aromatic N) is 1. The van der Waals surface area contributed by atoms with Crippen LogP contribution < -0.4 is 0 Å². The Labute approximate surface area is 95.9 Å². The van der Waals surface area contributed by atoms with E-state index in [0.29, 0.717) is 5.57 Å². The summed E-state index contributed by atoms with van der Waals surface area (Å²) < 4.78 is 0. The standard InChI is InChI=1S/C12H19NO3/c1-4-10-6-5-7-13(10)11(14)8(2)9(3)12(15)16/h10H,4-7H2,1-3H3,(H,15,16). The average Bonchev–Trinajstić information content (AvgIpc) is 2.73. The van der Waals surface area contributed by atoms with E-state index < -0.39 is 5.97 Å². The topological polar surface area (TPSA) is 57.6 Å². The lowest BCUT2D eigenvalue weighted by molar-refractivity contribution is -0.134. The maximum absolute atomic E-state index is 12.1. The molecule has 1 saturated heterocycles. The number of likely N-dealkylation sites (tertiary alicyclic amines) is 1. The molecule has 1 aliphatic heterocycles. The van der Waals surface area contributed by atoms with Crippen molar-refractivity contribution in [1.29, 1.82) is 0 Å². The van der Waals surface area contributed by atoms with E-state index in [1.165, 1.54) is 6.92 Å². The maximum atomic E-state index is 12.1. The molecule has 1 aliphatic rings. The molecule has 4 nitrogen and oxygen atoms in total. The summed E-state index contributed by atoms with van der Waals surface area (Å²) in [6.07, 6.45) is 2.98. The van der Waals surface area contributed by atoms with Crippen molar-refractivity contribution in [2.24, 2.45) is 0 Å². The molecule has 1 heterocycles. The zero-order chi connectivity index (χ0) is 12.3. The highest BCUT2D eigenvalue weighted by atomic mass is 16.4. The number of rotatable bonds is 3. The Morgan fingerprint density at radius 1 is 1.31 bits per heavy atom. The van der Waals surface area contributed by atoms with E-state index in [4.69, 9.17) is 5.11 Å². The first kappa shape index (κ1) is 12.7. The summed E-state index contributed by atoms with van der Waals surface area (Å²) in [6.45, 7) is 5.88. The molecule has 0 aromatic rings. The molecule has 90 valence electrons. The van der Waals surface area contributed by atoms with Gasteiger partial charge >= 0.3 is 5.97 Å². The van der Waals surface area contributed by atoms with Gasteiger partial charge in [-0.1, -0.05) is 6.92 Å². The number of carboxylic acids is 1. The Hall–Kier alpha value is -1.32. The molecule has 1 unspecified atom stereocenters. The van der Waals surface area contributed by atoms with Crippen LogP contribution >= 0.6 is 0 Å². The van der Waals surface area contributed by atoms with Gasteiger partial charge < -0.3 is 10.0 Å². The van der Waals surface area contributed by atoms with E-state index in [0.717, 1.165) is 25.8 Å². The predicted molar refractivity (Wildman–Crippen MR) is 61.0 cm³/mol. The van der Waals surface area contributed by atoms with Crippen molar-refractivity contribution < 1.29 is 14.7 Å². The SMILES string of the molecule is CCC1CCCN1C(=O)C(C)=C(C)C(=O)O. The van der Waals surface area contributed by atoms with E-state index >= 15 is 0 Å². The smallest absolute Gasteiger partial charge is 0.331 e. The van der Waals surface area contributed by atoms with Gasteiger partial charge in [-0.3, -0.25) is 4.79 Å². The molecule has 0 saturated carbocycles. The lowest BCUT2D eigenvalue weighted by Gasteiger charge is -2.24. The molecule has 0 radical (unpaired) electrons. The number of amides is 1. The van der Waals surface area contributed by atoms with Crippen molar-refractivity contribution in [3.8, 4) is 0 Å². The molecule has 1 fully saturated rings. The fourth-order valence-electron chi connectivity index (χ4n) is 2.06. The second kappa shape index (κ2) is 5.14. The zero-order valence-electron chi connectivity index (χ0n) is 10.1. The Kier molecular flexibility index (Phi) is 4.10. The first-order chi connectivity index (χ1) is 7.49. The molecule has 1 amide bonds. The number of carboxylic acid groups (broad SMARTS) is 1. The van der Waals surface area contributed by atoms with Gasteiger partial charge in [-0.15, -0.1) is 0 Å². The van der Waals surface area contributed by atoms with E-state index in [2.05, 4.69) is 6.92 Å². The largest absolute Gasteiger partial charge is 0.478 e. The van der Waals surface area contributed by atoms with Gasteiger partial charge in [0, 0.05) is 23.7 Å². The highest BCUT2D eigenvalue weighted by Crippen LogP contribution is 2.22. The summed E-state index contributed by atoms with van der Waals surface area (Å²) in [5.41, 5.74) is 0.500. The fraction of sp³-hybridized carbons (Fsp3) is 0.667. The van der Waals surface area contributed by atoms with Gasteiger partial charge in [0.2, 0.25) is 5.91 Å². The zero-order valence-corrected chi connectivity index (χ0v) is 10.1.